The lowest BCUT2D eigenvalue weighted by atomic mass is 10.1. The van der Waals surface area contributed by atoms with E-state index in [0.29, 0.717) is 16.7 Å². The summed E-state index contributed by atoms with van der Waals surface area (Å²) in [4.78, 5) is 24.5. The first-order valence-corrected chi connectivity index (χ1v) is 7.56. The smallest absolute Gasteiger partial charge is 0.349 e. The van der Waals surface area contributed by atoms with Gasteiger partial charge in [0.15, 0.2) is 0 Å². The molecule has 1 aromatic heterocycles. The van der Waals surface area contributed by atoms with Crippen LogP contribution in [0.15, 0.2) is 63.8 Å². The predicted octanol–water partition coefficient (Wildman–Crippen LogP) is 3.29. The Morgan fingerprint density at radius 2 is 1.88 bits per heavy atom. The summed E-state index contributed by atoms with van der Waals surface area (Å²) < 4.78 is 10.3. The van der Waals surface area contributed by atoms with E-state index >= 15 is 0 Å². The Morgan fingerprint density at radius 1 is 1.12 bits per heavy atom. The molecule has 5 heteroatoms. The number of amides is 1. The van der Waals surface area contributed by atoms with Crippen molar-refractivity contribution in [2.45, 2.75) is 13.0 Å². The maximum Gasteiger partial charge on any atom is 0.349 e. The van der Waals surface area contributed by atoms with Crippen LogP contribution in [0.25, 0.3) is 11.0 Å². The third-order valence-corrected chi connectivity index (χ3v) is 3.83. The molecule has 1 N–H and O–H groups in total. The fourth-order valence-electron chi connectivity index (χ4n) is 2.48. The van der Waals surface area contributed by atoms with Crippen LogP contribution >= 0.6 is 0 Å². The van der Waals surface area contributed by atoms with Gasteiger partial charge in [-0.05, 0) is 30.7 Å². The monoisotopic (exact) mass is 323 g/mol. The van der Waals surface area contributed by atoms with Crippen molar-refractivity contribution >= 4 is 16.9 Å². The summed E-state index contributed by atoms with van der Waals surface area (Å²) >= 11 is 0. The van der Waals surface area contributed by atoms with Crippen LogP contribution in [0.2, 0.25) is 0 Å². The van der Waals surface area contributed by atoms with Gasteiger partial charge in [0.05, 0.1) is 13.2 Å². The van der Waals surface area contributed by atoms with Crippen LogP contribution in [0, 0.1) is 0 Å². The first-order chi connectivity index (χ1) is 11.6. The molecule has 0 aliphatic heterocycles. The lowest BCUT2D eigenvalue weighted by Gasteiger charge is -2.14. The predicted molar refractivity (Wildman–Crippen MR) is 91.4 cm³/mol. The van der Waals surface area contributed by atoms with Crippen LogP contribution in [0.1, 0.15) is 28.9 Å². The Bertz CT molecular complexity index is 931. The number of hydrogen-bond donors (Lipinski definition) is 1. The van der Waals surface area contributed by atoms with E-state index in [1.807, 2.05) is 37.3 Å². The molecule has 0 radical (unpaired) electrons. The number of methoxy groups -OCH3 is 1. The van der Waals surface area contributed by atoms with E-state index in [-0.39, 0.29) is 11.6 Å². The molecule has 122 valence electrons. The zero-order valence-electron chi connectivity index (χ0n) is 13.4. The number of rotatable bonds is 4. The van der Waals surface area contributed by atoms with Gasteiger partial charge in [0.1, 0.15) is 16.9 Å². The first kappa shape index (κ1) is 15.8. The molecule has 3 aromatic rings. The molecule has 1 heterocycles. The summed E-state index contributed by atoms with van der Waals surface area (Å²) in [5.41, 5.74) is 0.650. The summed E-state index contributed by atoms with van der Waals surface area (Å²) in [6.07, 6.45) is 0. The van der Waals surface area contributed by atoms with E-state index in [9.17, 15) is 9.59 Å². The van der Waals surface area contributed by atoms with Crippen LogP contribution in [0.5, 0.6) is 5.75 Å². The van der Waals surface area contributed by atoms with Gasteiger partial charge < -0.3 is 14.5 Å². The summed E-state index contributed by atoms with van der Waals surface area (Å²) in [5, 5.41) is 3.48. The number of fused-ring (bicyclic) bond motifs is 1. The van der Waals surface area contributed by atoms with Gasteiger partial charge in [0, 0.05) is 11.5 Å². The van der Waals surface area contributed by atoms with Gasteiger partial charge in [0.25, 0.3) is 5.91 Å². The minimum Gasteiger partial charge on any atom is -0.497 e. The number of benzene rings is 2. The third kappa shape index (κ3) is 3.15. The summed E-state index contributed by atoms with van der Waals surface area (Å²) in [6, 6.07) is 16.0. The van der Waals surface area contributed by atoms with Crippen molar-refractivity contribution in [3.05, 3.63) is 76.1 Å². The highest BCUT2D eigenvalue weighted by Crippen LogP contribution is 2.20. The first-order valence-electron chi connectivity index (χ1n) is 7.56. The minimum absolute atomic E-state index is 0.0181. The third-order valence-electron chi connectivity index (χ3n) is 3.83. The van der Waals surface area contributed by atoms with Gasteiger partial charge in [-0.1, -0.05) is 30.3 Å². The van der Waals surface area contributed by atoms with Crippen molar-refractivity contribution < 1.29 is 13.9 Å². The number of ether oxygens (including phenoxy) is 1. The van der Waals surface area contributed by atoms with E-state index < -0.39 is 11.5 Å². The SMILES string of the molecule is COc1ccc2cc(C(=O)N[C@@H](C)c3ccccc3)c(=O)oc2c1. The topological polar surface area (TPSA) is 68.5 Å². The lowest BCUT2D eigenvalue weighted by molar-refractivity contribution is 0.0936. The average Bonchev–Trinajstić information content (AvgIpc) is 2.61. The Morgan fingerprint density at radius 3 is 2.58 bits per heavy atom. The molecular formula is C19H17NO4. The molecule has 5 nitrogen and oxygen atoms in total. The highest BCUT2D eigenvalue weighted by atomic mass is 16.5. The van der Waals surface area contributed by atoms with Crippen molar-refractivity contribution in [2.24, 2.45) is 0 Å². The number of carbonyl (C=O) groups excluding carboxylic acids is 1. The molecule has 0 spiro atoms. The average molecular weight is 323 g/mol. The number of carbonyl (C=O) groups is 1. The van der Waals surface area contributed by atoms with Gasteiger partial charge in [0.2, 0.25) is 0 Å². The molecular weight excluding hydrogens is 306 g/mol. The molecule has 0 aliphatic carbocycles. The van der Waals surface area contributed by atoms with Crippen LogP contribution in [-0.4, -0.2) is 13.0 Å². The number of hydrogen-bond acceptors (Lipinski definition) is 4. The Labute approximate surface area is 138 Å². The van der Waals surface area contributed by atoms with Gasteiger partial charge >= 0.3 is 5.63 Å². The second-order valence-corrected chi connectivity index (χ2v) is 5.46. The van der Waals surface area contributed by atoms with Gasteiger partial charge in [-0.15, -0.1) is 0 Å². The fourth-order valence-corrected chi connectivity index (χ4v) is 2.48. The van der Waals surface area contributed by atoms with Crippen LogP contribution in [0.3, 0.4) is 0 Å². The van der Waals surface area contributed by atoms with E-state index in [1.54, 1.807) is 18.2 Å². The van der Waals surface area contributed by atoms with E-state index in [1.165, 1.54) is 13.2 Å². The van der Waals surface area contributed by atoms with E-state index in [4.69, 9.17) is 9.15 Å². The molecule has 1 atom stereocenters. The maximum absolute atomic E-state index is 12.4. The van der Waals surface area contributed by atoms with Crippen molar-refractivity contribution in [1.82, 2.24) is 5.32 Å². The zero-order valence-corrected chi connectivity index (χ0v) is 13.4. The normalized spacial score (nSPS) is 11.9. The second kappa shape index (κ2) is 6.58. The molecule has 0 saturated heterocycles. The molecule has 2 aromatic carbocycles. The molecule has 3 rings (SSSR count). The molecule has 24 heavy (non-hydrogen) atoms. The minimum atomic E-state index is -0.673. The lowest BCUT2D eigenvalue weighted by Crippen LogP contribution is -2.30. The Kier molecular flexibility index (Phi) is 4.33. The molecule has 0 unspecified atom stereocenters. The molecule has 1 amide bonds. The molecule has 0 fully saturated rings. The summed E-state index contributed by atoms with van der Waals surface area (Å²) in [6.45, 7) is 1.86. The summed E-state index contributed by atoms with van der Waals surface area (Å²) in [7, 11) is 1.53. The standard InChI is InChI=1S/C19H17NO4/c1-12(13-6-4-3-5-7-13)20-18(21)16-10-14-8-9-15(23-2)11-17(14)24-19(16)22/h3-12H,1-2H3,(H,20,21)/t12-/m0/s1. The number of nitrogens with one attached hydrogen (secondary N) is 1. The highest BCUT2D eigenvalue weighted by Gasteiger charge is 2.16. The second-order valence-electron chi connectivity index (χ2n) is 5.46. The van der Waals surface area contributed by atoms with E-state index in [0.717, 1.165) is 5.56 Å². The molecule has 0 aliphatic rings. The maximum atomic E-state index is 12.4. The van der Waals surface area contributed by atoms with Crippen molar-refractivity contribution in [2.75, 3.05) is 7.11 Å². The van der Waals surface area contributed by atoms with Crippen LogP contribution in [0.4, 0.5) is 0 Å². The quantitative estimate of drug-likeness (QED) is 0.748. The Balaban J connectivity index is 1.89. The zero-order chi connectivity index (χ0) is 17.1. The van der Waals surface area contributed by atoms with Gasteiger partial charge in [-0.25, -0.2) is 4.79 Å². The van der Waals surface area contributed by atoms with Crippen molar-refractivity contribution in [3.63, 3.8) is 0 Å². The molecule has 0 bridgehead atoms. The van der Waals surface area contributed by atoms with Gasteiger partial charge in [-0.2, -0.15) is 0 Å². The fraction of sp³-hybridized carbons (Fsp3) is 0.158. The van der Waals surface area contributed by atoms with Crippen LogP contribution in [-0.2, 0) is 0 Å². The van der Waals surface area contributed by atoms with Crippen molar-refractivity contribution in [1.29, 1.82) is 0 Å². The molecule has 0 saturated carbocycles. The van der Waals surface area contributed by atoms with Gasteiger partial charge in [-0.3, -0.25) is 4.79 Å². The van der Waals surface area contributed by atoms with E-state index in [2.05, 4.69) is 5.32 Å². The Hall–Kier alpha value is -3.08. The van der Waals surface area contributed by atoms with Crippen molar-refractivity contribution in [3.8, 4) is 5.75 Å². The van der Waals surface area contributed by atoms with Crippen LogP contribution < -0.4 is 15.7 Å². The summed E-state index contributed by atoms with van der Waals surface area (Å²) in [5.74, 6) is 0.123. The largest absolute Gasteiger partial charge is 0.497 e. The highest BCUT2D eigenvalue weighted by molar-refractivity contribution is 5.96.